The quantitative estimate of drug-likeness (QED) is 0.870. The Morgan fingerprint density at radius 2 is 2.28 bits per heavy atom. The maximum Gasteiger partial charge on any atom is 0.123 e. The van der Waals surface area contributed by atoms with Crippen molar-refractivity contribution < 1.29 is 9.47 Å². The largest absolute Gasteiger partial charge is 0.496 e. The Kier molecular flexibility index (Phi) is 5.02. The van der Waals surface area contributed by atoms with Crippen molar-refractivity contribution in [2.24, 2.45) is 5.92 Å². The van der Waals surface area contributed by atoms with Gasteiger partial charge in [0.2, 0.25) is 0 Å². The Morgan fingerprint density at radius 1 is 1.44 bits per heavy atom. The second kappa shape index (κ2) is 6.76. The van der Waals surface area contributed by atoms with Crippen LogP contribution in [0, 0.1) is 5.92 Å². The standard InChI is InChI=1S/C15H23NO2/c1-12(14-7-3-4-8-15(14)17-2)16-10-13-6-5-9-18-11-13/h3-4,7-8,12-13,16H,5-6,9-11H2,1-2H3/t12-,13?/m0/s1. The van der Waals surface area contributed by atoms with Crippen molar-refractivity contribution in [3.05, 3.63) is 29.8 Å². The van der Waals surface area contributed by atoms with Gasteiger partial charge in [0.05, 0.1) is 13.7 Å². The van der Waals surface area contributed by atoms with E-state index in [9.17, 15) is 0 Å². The first-order chi connectivity index (χ1) is 8.81. The van der Waals surface area contributed by atoms with Gasteiger partial charge in [0, 0.05) is 24.8 Å². The van der Waals surface area contributed by atoms with E-state index in [4.69, 9.17) is 9.47 Å². The lowest BCUT2D eigenvalue weighted by atomic mass is 10.0. The predicted octanol–water partition coefficient (Wildman–Crippen LogP) is 2.77. The first-order valence-corrected chi connectivity index (χ1v) is 6.75. The maximum absolute atomic E-state index is 5.50. The summed E-state index contributed by atoms with van der Waals surface area (Å²) in [5, 5.41) is 3.58. The highest BCUT2D eigenvalue weighted by molar-refractivity contribution is 5.35. The highest BCUT2D eigenvalue weighted by Gasteiger charge is 2.16. The fourth-order valence-corrected chi connectivity index (χ4v) is 2.45. The molecule has 3 heteroatoms. The van der Waals surface area contributed by atoms with Crippen molar-refractivity contribution in [1.82, 2.24) is 5.32 Å². The molecule has 0 bridgehead atoms. The second-order valence-electron chi connectivity index (χ2n) is 4.96. The second-order valence-corrected chi connectivity index (χ2v) is 4.96. The van der Waals surface area contributed by atoms with Crippen LogP contribution < -0.4 is 10.1 Å². The number of hydrogen-bond donors (Lipinski definition) is 1. The van der Waals surface area contributed by atoms with Crippen molar-refractivity contribution in [1.29, 1.82) is 0 Å². The molecule has 3 nitrogen and oxygen atoms in total. The minimum Gasteiger partial charge on any atom is -0.496 e. The smallest absolute Gasteiger partial charge is 0.123 e. The predicted molar refractivity (Wildman–Crippen MR) is 73.0 cm³/mol. The van der Waals surface area contributed by atoms with Crippen LogP contribution >= 0.6 is 0 Å². The third kappa shape index (κ3) is 3.47. The van der Waals surface area contributed by atoms with E-state index in [1.54, 1.807) is 7.11 Å². The third-order valence-corrected chi connectivity index (χ3v) is 3.57. The first-order valence-electron chi connectivity index (χ1n) is 6.75. The number of methoxy groups -OCH3 is 1. The van der Waals surface area contributed by atoms with Crippen molar-refractivity contribution >= 4 is 0 Å². The van der Waals surface area contributed by atoms with Crippen LogP contribution in [0.5, 0.6) is 5.75 Å². The number of benzene rings is 1. The molecule has 1 aromatic carbocycles. The number of hydrogen-bond acceptors (Lipinski definition) is 3. The van der Waals surface area contributed by atoms with Crippen molar-refractivity contribution in [2.75, 3.05) is 26.9 Å². The van der Waals surface area contributed by atoms with Gasteiger partial charge in [0.15, 0.2) is 0 Å². The van der Waals surface area contributed by atoms with Gasteiger partial charge >= 0.3 is 0 Å². The first kappa shape index (κ1) is 13.4. The van der Waals surface area contributed by atoms with E-state index in [1.807, 2.05) is 12.1 Å². The highest BCUT2D eigenvalue weighted by Crippen LogP contribution is 2.24. The molecule has 1 saturated heterocycles. The van der Waals surface area contributed by atoms with Crippen LogP contribution in [-0.4, -0.2) is 26.9 Å². The molecule has 100 valence electrons. The molecule has 0 amide bonds. The summed E-state index contributed by atoms with van der Waals surface area (Å²) >= 11 is 0. The number of ether oxygens (including phenoxy) is 2. The van der Waals surface area contributed by atoms with Crippen molar-refractivity contribution in [3.8, 4) is 5.75 Å². The van der Waals surface area contributed by atoms with E-state index in [-0.39, 0.29) is 0 Å². The highest BCUT2D eigenvalue weighted by atomic mass is 16.5. The molecule has 0 aromatic heterocycles. The molecule has 2 rings (SSSR count). The van der Waals surface area contributed by atoms with Gasteiger partial charge in [0.1, 0.15) is 5.75 Å². The molecule has 1 unspecified atom stereocenters. The van der Waals surface area contributed by atoms with Crippen LogP contribution in [-0.2, 0) is 4.74 Å². The van der Waals surface area contributed by atoms with Gasteiger partial charge in [-0.25, -0.2) is 0 Å². The van der Waals surface area contributed by atoms with Gasteiger partial charge < -0.3 is 14.8 Å². The molecule has 2 atom stereocenters. The lowest BCUT2D eigenvalue weighted by Crippen LogP contribution is -2.30. The van der Waals surface area contributed by atoms with Gasteiger partial charge in [-0.05, 0) is 31.7 Å². The summed E-state index contributed by atoms with van der Waals surface area (Å²) in [7, 11) is 1.72. The van der Waals surface area contributed by atoms with Crippen LogP contribution in [0.4, 0.5) is 0 Å². The average Bonchev–Trinajstić information content (AvgIpc) is 2.45. The van der Waals surface area contributed by atoms with Gasteiger partial charge in [-0.3, -0.25) is 0 Å². The van der Waals surface area contributed by atoms with E-state index in [0.717, 1.165) is 25.5 Å². The number of para-hydroxylation sites is 1. The van der Waals surface area contributed by atoms with Crippen LogP contribution in [0.1, 0.15) is 31.4 Å². The molecule has 0 spiro atoms. The molecule has 18 heavy (non-hydrogen) atoms. The third-order valence-electron chi connectivity index (χ3n) is 3.57. The fourth-order valence-electron chi connectivity index (χ4n) is 2.45. The van der Waals surface area contributed by atoms with Crippen LogP contribution in [0.25, 0.3) is 0 Å². The summed E-state index contributed by atoms with van der Waals surface area (Å²) < 4.78 is 10.9. The van der Waals surface area contributed by atoms with E-state index >= 15 is 0 Å². The van der Waals surface area contributed by atoms with Crippen molar-refractivity contribution in [2.45, 2.75) is 25.8 Å². The number of nitrogens with one attached hydrogen (secondary N) is 1. The topological polar surface area (TPSA) is 30.5 Å². The Morgan fingerprint density at radius 3 is 3.00 bits per heavy atom. The lowest BCUT2D eigenvalue weighted by molar-refractivity contribution is 0.0540. The molecule has 1 N–H and O–H groups in total. The van der Waals surface area contributed by atoms with Crippen LogP contribution in [0.2, 0.25) is 0 Å². The van der Waals surface area contributed by atoms with Crippen LogP contribution in [0.3, 0.4) is 0 Å². The Labute approximate surface area is 109 Å². The molecule has 1 heterocycles. The normalized spacial score (nSPS) is 21.6. The molecule has 1 aliphatic rings. The summed E-state index contributed by atoms with van der Waals surface area (Å²) in [6.45, 7) is 5.02. The molecule has 1 aliphatic heterocycles. The molecule has 1 aromatic rings. The number of rotatable bonds is 5. The fraction of sp³-hybridized carbons (Fsp3) is 0.600. The Balaban J connectivity index is 1.88. The lowest BCUT2D eigenvalue weighted by Gasteiger charge is -2.25. The maximum atomic E-state index is 5.50. The molecular weight excluding hydrogens is 226 g/mol. The summed E-state index contributed by atoms with van der Waals surface area (Å²) in [4.78, 5) is 0. The van der Waals surface area contributed by atoms with E-state index in [0.29, 0.717) is 12.0 Å². The van der Waals surface area contributed by atoms with E-state index < -0.39 is 0 Å². The molecule has 0 saturated carbocycles. The zero-order chi connectivity index (χ0) is 12.8. The molecular formula is C15H23NO2. The molecule has 1 fully saturated rings. The molecule has 0 radical (unpaired) electrons. The van der Waals surface area contributed by atoms with Gasteiger partial charge in [-0.2, -0.15) is 0 Å². The zero-order valence-electron chi connectivity index (χ0n) is 11.3. The zero-order valence-corrected chi connectivity index (χ0v) is 11.3. The van der Waals surface area contributed by atoms with Gasteiger partial charge in [-0.15, -0.1) is 0 Å². The van der Waals surface area contributed by atoms with Gasteiger partial charge in [-0.1, -0.05) is 18.2 Å². The monoisotopic (exact) mass is 249 g/mol. The van der Waals surface area contributed by atoms with Crippen molar-refractivity contribution in [3.63, 3.8) is 0 Å². The minimum atomic E-state index is 0.308. The summed E-state index contributed by atoms with van der Waals surface area (Å²) in [6, 6.07) is 8.50. The Bertz CT molecular complexity index is 361. The van der Waals surface area contributed by atoms with Gasteiger partial charge in [0.25, 0.3) is 0 Å². The summed E-state index contributed by atoms with van der Waals surface area (Å²) in [6.07, 6.45) is 2.46. The molecule has 0 aliphatic carbocycles. The van der Waals surface area contributed by atoms with Crippen LogP contribution in [0.15, 0.2) is 24.3 Å². The minimum absolute atomic E-state index is 0.308. The average molecular weight is 249 g/mol. The summed E-state index contributed by atoms with van der Waals surface area (Å²) in [5.74, 6) is 1.60. The SMILES string of the molecule is COc1ccccc1[C@H](C)NCC1CCCOC1. The van der Waals surface area contributed by atoms with E-state index in [1.165, 1.54) is 18.4 Å². The summed E-state index contributed by atoms with van der Waals surface area (Å²) in [5.41, 5.74) is 1.22. The van der Waals surface area contributed by atoms with E-state index in [2.05, 4.69) is 24.4 Å². The Hall–Kier alpha value is -1.06.